The van der Waals surface area contributed by atoms with Gasteiger partial charge in [-0.25, -0.2) is 4.79 Å². The molecule has 0 N–H and O–H groups in total. The number of likely N-dealkylation sites (tertiary alicyclic amines) is 1. The van der Waals surface area contributed by atoms with E-state index in [4.69, 9.17) is 4.74 Å². The number of benzene rings is 1. The average molecular weight is 370 g/mol. The zero-order valence-electron chi connectivity index (χ0n) is 16.2. The minimum Gasteiger partial charge on any atom is -0.444 e. The van der Waals surface area contributed by atoms with Crippen molar-refractivity contribution in [3.63, 3.8) is 0 Å². The topological polar surface area (TPSA) is 66.9 Å². The lowest BCUT2D eigenvalue weighted by molar-refractivity contribution is -0.0514. The van der Waals surface area contributed by atoms with E-state index in [-0.39, 0.29) is 29.4 Å². The van der Waals surface area contributed by atoms with Crippen molar-refractivity contribution >= 4 is 17.9 Å². The first kappa shape index (κ1) is 18.0. The summed E-state index contributed by atoms with van der Waals surface area (Å²) in [5.41, 5.74) is 0.448. The zero-order valence-corrected chi connectivity index (χ0v) is 16.2. The van der Waals surface area contributed by atoms with Crippen molar-refractivity contribution in [2.75, 3.05) is 13.1 Å². The Kier molecular flexibility index (Phi) is 4.05. The van der Waals surface area contributed by atoms with E-state index in [1.54, 1.807) is 29.2 Å². The quantitative estimate of drug-likeness (QED) is 0.710. The molecule has 1 spiro atoms. The molecule has 1 unspecified atom stereocenters. The van der Waals surface area contributed by atoms with Crippen molar-refractivity contribution < 1.29 is 19.1 Å². The van der Waals surface area contributed by atoms with E-state index in [9.17, 15) is 14.4 Å². The van der Waals surface area contributed by atoms with E-state index in [2.05, 4.69) is 0 Å². The van der Waals surface area contributed by atoms with Gasteiger partial charge in [0.05, 0.1) is 11.1 Å². The average Bonchev–Trinajstić information content (AvgIpc) is 2.85. The molecule has 1 saturated carbocycles. The number of carbonyl (C=O) groups excluding carboxylic acids is 3. The summed E-state index contributed by atoms with van der Waals surface area (Å²) in [6.45, 7) is 6.80. The van der Waals surface area contributed by atoms with Crippen molar-refractivity contribution in [2.45, 2.75) is 58.1 Å². The number of amides is 3. The van der Waals surface area contributed by atoms with Crippen molar-refractivity contribution in [2.24, 2.45) is 5.41 Å². The van der Waals surface area contributed by atoms with E-state index in [1.807, 2.05) is 20.8 Å². The molecule has 1 atom stereocenters. The molecule has 27 heavy (non-hydrogen) atoms. The Labute approximate surface area is 159 Å². The molecule has 1 saturated heterocycles. The van der Waals surface area contributed by atoms with Gasteiger partial charge in [-0.05, 0) is 64.0 Å². The summed E-state index contributed by atoms with van der Waals surface area (Å²) in [7, 11) is 0. The summed E-state index contributed by atoms with van der Waals surface area (Å²) in [6, 6.07) is 6.98. The smallest absolute Gasteiger partial charge is 0.410 e. The maximum Gasteiger partial charge on any atom is 0.410 e. The molecule has 0 aromatic heterocycles. The molecule has 2 aliphatic heterocycles. The van der Waals surface area contributed by atoms with Crippen molar-refractivity contribution in [3.05, 3.63) is 35.4 Å². The van der Waals surface area contributed by atoms with Crippen LogP contribution in [0.25, 0.3) is 0 Å². The fourth-order valence-electron chi connectivity index (χ4n) is 4.62. The highest BCUT2D eigenvalue weighted by Gasteiger charge is 2.55. The third-order valence-corrected chi connectivity index (χ3v) is 6.17. The minimum atomic E-state index is -0.509. The number of rotatable bonds is 1. The Morgan fingerprint density at radius 3 is 2.04 bits per heavy atom. The maximum atomic E-state index is 12.8. The largest absolute Gasteiger partial charge is 0.444 e. The van der Waals surface area contributed by atoms with Gasteiger partial charge in [0.1, 0.15) is 5.60 Å². The minimum absolute atomic E-state index is 0.0636. The van der Waals surface area contributed by atoms with E-state index in [0.717, 1.165) is 25.7 Å². The van der Waals surface area contributed by atoms with Crippen LogP contribution in [0.15, 0.2) is 24.3 Å². The van der Waals surface area contributed by atoms with Crippen molar-refractivity contribution in [1.29, 1.82) is 0 Å². The number of fused-ring (bicyclic) bond motifs is 1. The van der Waals surface area contributed by atoms with Gasteiger partial charge in [0.25, 0.3) is 11.8 Å². The summed E-state index contributed by atoms with van der Waals surface area (Å²) in [6.07, 6.45) is 3.15. The van der Waals surface area contributed by atoms with Gasteiger partial charge in [0.15, 0.2) is 0 Å². The lowest BCUT2D eigenvalue weighted by atomic mass is 9.58. The van der Waals surface area contributed by atoms with Gasteiger partial charge in [-0.1, -0.05) is 12.1 Å². The fourth-order valence-corrected chi connectivity index (χ4v) is 4.62. The Morgan fingerprint density at radius 2 is 1.59 bits per heavy atom. The normalized spacial score (nSPS) is 24.0. The van der Waals surface area contributed by atoms with Crippen molar-refractivity contribution in [1.82, 2.24) is 9.80 Å². The number of ether oxygens (including phenoxy) is 1. The van der Waals surface area contributed by atoms with Crippen LogP contribution >= 0.6 is 0 Å². The van der Waals surface area contributed by atoms with Crippen LogP contribution in [0.1, 0.15) is 67.2 Å². The van der Waals surface area contributed by atoms with Crippen LogP contribution in [0, 0.1) is 5.41 Å². The van der Waals surface area contributed by atoms with Crippen molar-refractivity contribution in [3.8, 4) is 0 Å². The summed E-state index contributed by atoms with van der Waals surface area (Å²) >= 11 is 0. The molecular weight excluding hydrogens is 344 g/mol. The number of nitrogens with zero attached hydrogens (tertiary/aromatic N) is 2. The molecule has 1 aliphatic carbocycles. The number of carbonyl (C=O) groups is 3. The molecule has 2 fully saturated rings. The second kappa shape index (κ2) is 6.08. The molecular formula is C21H26N2O4. The summed E-state index contributed by atoms with van der Waals surface area (Å²) in [4.78, 5) is 41.2. The predicted octanol–water partition coefficient (Wildman–Crippen LogP) is 3.46. The molecule has 0 bridgehead atoms. The number of hydrogen-bond acceptors (Lipinski definition) is 4. The Balaban J connectivity index is 1.46. The third kappa shape index (κ3) is 2.91. The van der Waals surface area contributed by atoms with E-state index >= 15 is 0 Å². The first-order chi connectivity index (χ1) is 12.7. The second-order valence-electron chi connectivity index (χ2n) is 8.91. The Morgan fingerprint density at radius 1 is 1.04 bits per heavy atom. The molecule has 3 amide bonds. The molecule has 2 heterocycles. The van der Waals surface area contributed by atoms with Crippen LogP contribution in [0.4, 0.5) is 4.79 Å². The second-order valence-corrected chi connectivity index (χ2v) is 8.91. The Bertz CT molecular complexity index is 768. The van der Waals surface area contributed by atoms with Gasteiger partial charge in [-0.15, -0.1) is 0 Å². The zero-order chi connectivity index (χ0) is 19.4. The van der Waals surface area contributed by atoms with Gasteiger partial charge in [0, 0.05) is 19.1 Å². The van der Waals surface area contributed by atoms with Crippen LogP contribution < -0.4 is 0 Å². The van der Waals surface area contributed by atoms with Gasteiger partial charge in [-0.3, -0.25) is 14.5 Å². The van der Waals surface area contributed by atoms with Crippen LogP contribution in [-0.2, 0) is 4.74 Å². The molecule has 4 rings (SSSR count). The molecule has 1 aromatic carbocycles. The van der Waals surface area contributed by atoms with Crippen LogP contribution in [0.2, 0.25) is 0 Å². The highest BCUT2D eigenvalue weighted by atomic mass is 16.6. The summed E-state index contributed by atoms with van der Waals surface area (Å²) < 4.78 is 5.47. The first-order valence-electron chi connectivity index (χ1n) is 9.67. The lowest BCUT2D eigenvalue weighted by Gasteiger charge is -2.55. The third-order valence-electron chi connectivity index (χ3n) is 6.17. The maximum absolute atomic E-state index is 12.8. The monoisotopic (exact) mass is 370 g/mol. The van der Waals surface area contributed by atoms with Crippen LogP contribution in [-0.4, -0.2) is 52.4 Å². The van der Waals surface area contributed by atoms with Gasteiger partial charge < -0.3 is 9.64 Å². The highest BCUT2D eigenvalue weighted by molar-refractivity contribution is 6.21. The van der Waals surface area contributed by atoms with Gasteiger partial charge in [-0.2, -0.15) is 0 Å². The van der Waals surface area contributed by atoms with E-state index in [1.165, 1.54) is 4.90 Å². The SMILES string of the molecule is CC(C)(C)OC(=O)N1CCC2(CCC2N2C(=O)c3ccccc3C2=O)CC1. The number of imide groups is 1. The Hall–Kier alpha value is -2.37. The summed E-state index contributed by atoms with van der Waals surface area (Å²) in [5.74, 6) is -0.344. The van der Waals surface area contributed by atoms with Crippen LogP contribution in [0.3, 0.4) is 0 Å². The first-order valence-corrected chi connectivity index (χ1v) is 9.67. The van der Waals surface area contributed by atoms with Gasteiger partial charge >= 0.3 is 6.09 Å². The molecule has 6 nitrogen and oxygen atoms in total. The standard InChI is InChI=1S/C21H26N2O4/c1-20(2,3)27-19(26)22-12-10-21(11-13-22)9-8-16(21)23-17(24)14-6-4-5-7-15(14)18(23)25/h4-7,16H,8-13H2,1-3H3. The molecule has 144 valence electrons. The fraction of sp³-hybridized carbons (Fsp3) is 0.571. The molecule has 1 aromatic rings. The van der Waals surface area contributed by atoms with E-state index < -0.39 is 5.60 Å². The van der Waals surface area contributed by atoms with Crippen LogP contribution in [0.5, 0.6) is 0 Å². The molecule has 6 heteroatoms. The number of piperidine rings is 1. The lowest BCUT2D eigenvalue weighted by Crippen LogP contribution is -2.61. The predicted molar refractivity (Wildman–Crippen MR) is 99.4 cm³/mol. The summed E-state index contributed by atoms with van der Waals surface area (Å²) in [5, 5.41) is 0. The molecule has 3 aliphatic rings. The van der Waals surface area contributed by atoms with Gasteiger partial charge in [0.2, 0.25) is 0 Å². The molecule has 0 radical (unpaired) electrons. The van der Waals surface area contributed by atoms with E-state index in [0.29, 0.717) is 24.2 Å². The highest BCUT2D eigenvalue weighted by Crippen LogP contribution is 2.53. The number of hydrogen-bond donors (Lipinski definition) is 0.